The minimum atomic E-state index is -0.907. The van der Waals surface area contributed by atoms with Crippen LogP contribution in [0.25, 0.3) is 16.5 Å². The summed E-state index contributed by atoms with van der Waals surface area (Å²) < 4.78 is 0.521. The van der Waals surface area contributed by atoms with Crippen molar-refractivity contribution in [2.45, 2.75) is 13.2 Å². The second kappa shape index (κ2) is 4.21. The number of para-hydroxylation sites is 1. The first-order valence-electron chi connectivity index (χ1n) is 5.95. The van der Waals surface area contributed by atoms with Gasteiger partial charge in [0.2, 0.25) is 0 Å². The summed E-state index contributed by atoms with van der Waals surface area (Å²) >= 11 is 3.35. The third-order valence-corrected chi connectivity index (χ3v) is 4.32. The fraction of sp³-hybridized carbons (Fsp3) is 0.214. The van der Waals surface area contributed by atoms with Crippen molar-refractivity contribution in [3.8, 4) is 0 Å². The zero-order valence-electron chi connectivity index (χ0n) is 10.6. The van der Waals surface area contributed by atoms with Gasteiger partial charge in [0.25, 0.3) is 5.91 Å². The standard InChI is InChI=1S/C14H13BrN2O2/c1-7-10(8-5-3-4-6-9(8)16-7)11-12(15)14(19)17(2)13(11)18/h3-6,14,16,19H,1-2H3. The maximum Gasteiger partial charge on any atom is 0.257 e. The average molecular weight is 321 g/mol. The van der Waals surface area contributed by atoms with E-state index in [1.54, 1.807) is 7.05 Å². The van der Waals surface area contributed by atoms with Gasteiger partial charge in [0.15, 0.2) is 6.23 Å². The van der Waals surface area contributed by atoms with Crippen LogP contribution in [0.4, 0.5) is 0 Å². The third kappa shape index (κ3) is 1.65. The number of halogens is 1. The first-order chi connectivity index (χ1) is 9.02. The van der Waals surface area contributed by atoms with Crippen LogP contribution in [0.5, 0.6) is 0 Å². The van der Waals surface area contributed by atoms with Gasteiger partial charge in [-0.1, -0.05) is 18.2 Å². The Kier molecular flexibility index (Phi) is 2.76. The van der Waals surface area contributed by atoms with E-state index in [1.165, 1.54) is 4.90 Å². The molecule has 2 heterocycles. The van der Waals surface area contributed by atoms with Crippen molar-refractivity contribution in [1.82, 2.24) is 9.88 Å². The number of aliphatic hydroxyl groups is 1. The van der Waals surface area contributed by atoms with Gasteiger partial charge < -0.3 is 15.0 Å². The predicted molar refractivity (Wildman–Crippen MR) is 77.7 cm³/mol. The first kappa shape index (κ1) is 12.4. The second-order valence-electron chi connectivity index (χ2n) is 4.68. The monoisotopic (exact) mass is 320 g/mol. The molecular weight excluding hydrogens is 308 g/mol. The number of aryl methyl sites for hydroxylation is 1. The Balaban J connectivity index is 2.31. The van der Waals surface area contributed by atoms with Gasteiger partial charge in [-0.15, -0.1) is 0 Å². The quantitative estimate of drug-likeness (QED) is 0.847. The molecule has 1 aliphatic heterocycles. The van der Waals surface area contributed by atoms with Crippen molar-refractivity contribution >= 4 is 38.3 Å². The maximum atomic E-state index is 12.3. The van der Waals surface area contributed by atoms with E-state index in [0.29, 0.717) is 10.1 Å². The molecule has 5 heteroatoms. The summed E-state index contributed by atoms with van der Waals surface area (Å²) in [5.74, 6) is -0.174. The number of carbonyl (C=O) groups is 1. The molecule has 19 heavy (non-hydrogen) atoms. The number of H-pyrrole nitrogens is 1. The van der Waals surface area contributed by atoms with Gasteiger partial charge in [0.05, 0.1) is 10.1 Å². The van der Waals surface area contributed by atoms with Crippen LogP contribution in [0.2, 0.25) is 0 Å². The molecule has 0 fully saturated rings. The molecule has 4 nitrogen and oxygen atoms in total. The summed E-state index contributed by atoms with van der Waals surface area (Å²) in [6, 6.07) is 7.83. The van der Waals surface area contributed by atoms with Crippen LogP contribution in [0.1, 0.15) is 11.3 Å². The summed E-state index contributed by atoms with van der Waals surface area (Å²) in [5.41, 5.74) is 3.30. The van der Waals surface area contributed by atoms with E-state index in [4.69, 9.17) is 0 Å². The van der Waals surface area contributed by atoms with Crippen LogP contribution < -0.4 is 0 Å². The Hall–Kier alpha value is -1.59. The highest BCUT2D eigenvalue weighted by Gasteiger charge is 2.36. The normalized spacial score (nSPS) is 19.9. The number of aliphatic hydroxyl groups excluding tert-OH is 1. The number of fused-ring (bicyclic) bond motifs is 1. The molecule has 1 amide bonds. The van der Waals surface area contributed by atoms with Gasteiger partial charge in [-0.05, 0) is 28.9 Å². The molecule has 0 aliphatic carbocycles. The highest BCUT2D eigenvalue weighted by Crippen LogP contribution is 2.39. The largest absolute Gasteiger partial charge is 0.369 e. The Morgan fingerprint density at radius 1 is 1.37 bits per heavy atom. The van der Waals surface area contributed by atoms with Crippen LogP contribution in [0.3, 0.4) is 0 Å². The van der Waals surface area contributed by atoms with E-state index >= 15 is 0 Å². The summed E-state index contributed by atoms with van der Waals surface area (Å²) in [7, 11) is 1.59. The number of likely N-dealkylation sites (N-methyl/N-ethyl adjacent to an activating group) is 1. The molecule has 0 radical (unpaired) electrons. The Labute approximate surface area is 118 Å². The van der Waals surface area contributed by atoms with Gasteiger partial charge in [0.1, 0.15) is 0 Å². The lowest BCUT2D eigenvalue weighted by Gasteiger charge is -2.14. The molecule has 2 aromatic rings. The van der Waals surface area contributed by atoms with E-state index in [2.05, 4.69) is 20.9 Å². The highest BCUT2D eigenvalue weighted by atomic mass is 79.9. The first-order valence-corrected chi connectivity index (χ1v) is 6.74. The van der Waals surface area contributed by atoms with Crippen molar-refractivity contribution in [2.75, 3.05) is 7.05 Å². The van der Waals surface area contributed by atoms with Crippen LogP contribution in [-0.4, -0.2) is 34.2 Å². The Morgan fingerprint density at radius 2 is 2.05 bits per heavy atom. The van der Waals surface area contributed by atoms with Gasteiger partial charge in [-0.3, -0.25) is 4.79 Å². The molecule has 1 aliphatic rings. The Bertz CT molecular complexity index is 717. The summed E-state index contributed by atoms with van der Waals surface area (Å²) in [5, 5.41) is 10.9. The molecule has 2 N–H and O–H groups in total. The minimum absolute atomic E-state index is 0.174. The van der Waals surface area contributed by atoms with Crippen LogP contribution >= 0.6 is 15.9 Å². The van der Waals surface area contributed by atoms with E-state index < -0.39 is 6.23 Å². The van der Waals surface area contributed by atoms with Crippen molar-refractivity contribution in [3.05, 3.63) is 40.0 Å². The number of benzene rings is 1. The van der Waals surface area contributed by atoms with Crippen LogP contribution in [-0.2, 0) is 4.79 Å². The van der Waals surface area contributed by atoms with E-state index in [-0.39, 0.29) is 5.91 Å². The molecule has 0 spiro atoms. The van der Waals surface area contributed by atoms with Gasteiger partial charge >= 0.3 is 0 Å². The number of hydrogen-bond donors (Lipinski definition) is 2. The molecule has 0 saturated heterocycles. The molecule has 1 aromatic carbocycles. The van der Waals surface area contributed by atoms with E-state index in [0.717, 1.165) is 22.2 Å². The number of hydrogen-bond acceptors (Lipinski definition) is 2. The van der Waals surface area contributed by atoms with Crippen LogP contribution in [0, 0.1) is 6.92 Å². The molecule has 3 rings (SSSR count). The lowest BCUT2D eigenvalue weighted by molar-refractivity contribution is -0.128. The lowest BCUT2D eigenvalue weighted by Crippen LogP contribution is -2.30. The number of rotatable bonds is 1. The van der Waals surface area contributed by atoms with Crippen molar-refractivity contribution in [3.63, 3.8) is 0 Å². The number of amides is 1. The van der Waals surface area contributed by atoms with Crippen LogP contribution in [0.15, 0.2) is 28.7 Å². The summed E-state index contributed by atoms with van der Waals surface area (Å²) in [6.45, 7) is 1.93. The molecular formula is C14H13BrN2O2. The lowest BCUT2D eigenvalue weighted by atomic mass is 10.0. The van der Waals surface area contributed by atoms with E-state index in [1.807, 2.05) is 31.2 Å². The summed E-state index contributed by atoms with van der Waals surface area (Å²) in [4.78, 5) is 16.9. The highest BCUT2D eigenvalue weighted by molar-refractivity contribution is 9.12. The zero-order chi connectivity index (χ0) is 13.7. The molecule has 1 unspecified atom stereocenters. The second-order valence-corrected chi connectivity index (χ2v) is 5.54. The van der Waals surface area contributed by atoms with Gasteiger partial charge in [0, 0.05) is 29.2 Å². The average Bonchev–Trinajstić information content (AvgIpc) is 2.81. The zero-order valence-corrected chi connectivity index (χ0v) is 12.2. The number of aromatic amines is 1. The minimum Gasteiger partial charge on any atom is -0.369 e. The van der Waals surface area contributed by atoms with Crippen molar-refractivity contribution in [2.24, 2.45) is 0 Å². The third-order valence-electron chi connectivity index (χ3n) is 3.51. The van der Waals surface area contributed by atoms with E-state index in [9.17, 15) is 9.90 Å². The van der Waals surface area contributed by atoms with Crippen molar-refractivity contribution in [1.29, 1.82) is 0 Å². The molecule has 1 aromatic heterocycles. The number of nitrogens with zero attached hydrogens (tertiary/aromatic N) is 1. The topological polar surface area (TPSA) is 56.3 Å². The van der Waals surface area contributed by atoms with Crippen molar-refractivity contribution < 1.29 is 9.90 Å². The summed E-state index contributed by atoms with van der Waals surface area (Å²) in [6.07, 6.45) is -0.907. The van der Waals surface area contributed by atoms with Gasteiger partial charge in [-0.2, -0.15) is 0 Å². The predicted octanol–water partition coefficient (Wildman–Crippen LogP) is 2.37. The molecule has 0 bridgehead atoms. The SMILES string of the molecule is Cc1[nH]c2ccccc2c1C1=C(Br)C(O)N(C)C1=O. The smallest absolute Gasteiger partial charge is 0.257 e. The Morgan fingerprint density at radius 3 is 2.68 bits per heavy atom. The fourth-order valence-electron chi connectivity index (χ4n) is 2.51. The number of carbonyl (C=O) groups excluding carboxylic acids is 1. The molecule has 1 atom stereocenters. The van der Waals surface area contributed by atoms with Gasteiger partial charge in [-0.25, -0.2) is 0 Å². The number of nitrogens with one attached hydrogen (secondary N) is 1. The number of aromatic nitrogens is 1. The fourth-order valence-corrected chi connectivity index (χ4v) is 3.19. The molecule has 0 saturated carbocycles. The molecule has 98 valence electrons. The maximum absolute atomic E-state index is 12.3.